The van der Waals surface area contributed by atoms with Crippen LogP contribution in [0.4, 0.5) is 0 Å². The standard InChI is InChI=1S/C24H33N3O4S/c1-18(2)21-7-11-23(12-8-21)32(29,30)27-15-13-26(14-16-27)19(3)24(28)25-17-20-5-9-22(31-4)10-6-20/h5-12,18-19H,13-17H2,1-4H3,(H,25,28). The second-order valence-electron chi connectivity index (χ2n) is 8.41. The summed E-state index contributed by atoms with van der Waals surface area (Å²) >= 11 is 0. The summed E-state index contributed by atoms with van der Waals surface area (Å²) in [5.74, 6) is 1.06. The maximum Gasteiger partial charge on any atom is 0.243 e. The molecule has 7 nitrogen and oxygen atoms in total. The van der Waals surface area contributed by atoms with E-state index in [0.29, 0.717) is 43.5 Å². The molecular formula is C24H33N3O4S. The molecule has 8 heteroatoms. The van der Waals surface area contributed by atoms with Crippen LogP contribution in [0.1, 0.15) is 37.8 Å². The van der Waals surface area contributed by atoms with Crippen molar-refractivity contribution in [3.8, 4) is 5.75 Å². The van der Waals surface area contributed by atoms with Crippen molar-refractivity contribution in [1.82, 2.24) is 14.5 Å². The topological polar surface area (TPSA) is 79.0 Å². The van der Waals surface area contributed by atoms with Crippen LogP contribution in [0.3, 0.4) is 0 Å². The summed E-state index contributed by atoms with van der Waals surface area (Å²) in [5, 5.41) is 2.96. The highest BCUT2D eigenvalue weighted by atomic mass is 32.2. The van der Waals surface area contributed by atoms with Gasteiger partial charge >= 0.3 is 0 Å². The lowest BCUT2D eigenvalue weighted by Gasteiger charge is -2.36. The molecule has 2 aromatic rings. The predicted molar refractivity (Wildman–Crippen MR) is 125 cm³/mol. The fraction of sp³-hybridized carbons (Fsp3) is 0.458. The lowest BCUT2D eigenvalue weighted by molar-refractivity contribution is -0.126. The third-order valence-electron chi connectivity index (χ3n) is 6.01. The van der Waals surface area contributed by atoms with E-state index in [9.17, 15) is 13.2 Å². The number of hydrogen-bond donors (Lipinski definition) is 1. The van der Waals surface area contributed by atoms with Crippen LogP contribution >= 0.6 is 0 Å². The summed E-state index contributed by atoms with van der Waals surface area (Å²) in [7, 11) is -1.91. The zero-order valence-electron chi connectivity index (χ0n) is 19.2. The van der Waals surface area contributed by atoms with E-state index in [1.54, 1.807) is 19.2 Å². The SMILES string of the molecule is COc1ccc(CNC(=O)C(C)N2CCN(S(=O)(=O)c3ccc(C(C)C)cc3)CC2)cc1. The maximum atomic E-state index is 13.0. The number of rotatable bonds is 8. The quantitative estimate of drug-likeness (QED) is 0.657. The summed E-state index contributed by atoms with van der Waals surface area (Å²) < 4.78 is 32.7. The second kappa shape index (κ2) is 10.5. The first-order valence-electron chi connectivity index (χ1n) is 11.0. The summed E-state index contributed by atoms with van der Waals surface area (Å²) in [5.41, 5.74) is 2.11. The van der Waals surface area contributed by atoms with Gasteiger partial charge in [-0.1, -0.05) is 38.1 Å². The van der Waals surface area contributed by atoms with Gasteiger partial charge in [-0.3, -0.25) is 9.69 Å². The van der Waals surface area contributed by atoms with Gasteiger partial charge in [-0.15, -0.1) is 0 Å². The first-order chi connectivity index (χ1) is 15.2. The Labute approximate surface area is 191 Å². The molecule has 1 aliphatic heterocycles. The lowest BCUT2D eigenvalue weighted by Crippen LogP contribution is -2.54. The van der Waals surface area contributed by atoms with E-state index in [1.165, 1.54) is 4.31 Å². The Hall–Kier alpha value is -2.42. The molecular weight excluding hydrogens is 426 g/mol. The zero-order chi connectivity index (χ0) is 23.3. The zero-order valence-corrected chi connectivity index (χ0v) is 20.1. The minimum atomic E-state index is -3.53. The van der Waals surface area contributed by atoms with E-state index in [-0.39, 0.29) is 11.9 Å². The molecule has 1 unspecified atom stereocenters. The van der Waals surface area contributed by atoms with Crippen LogP contribution in [-0.4, -0.2) is 62.9 Å². The number of carbonyl (C=O) groups excluding carboxylic acids is 1. The molecule has 0 spiro atoms. The number of methoxy groups -OCH3 is 1. The van der Waals surface area contributed by atoms with Crippen LogP contribution in [0.15, 0.2) is 53.4 Å². The van der Waals surface area contributed by atoms with Gasteiger partial charge in [0, 0.05) is 32.7 Å². The van der Waals surface area contributed by atoms with Crippen LogP contribution in [-0.2, 0) is 21.4 Å². The predicted octanol–water partition coefficient (Wildman–Crippen LogP) is 2.83. The van der Waals surface area contributed by atoms with E-state index in [1.807, 2.05) is 48.2 Å². The summed E-state index contributed by atoms with van der Waals surface area (Å²) in [6.45, 7) is 8.22. The number of nitrogens with one attached hydrogen (secondary N) is 1. The van der Waals surface area contributed by atoms with Crippen LogP contribution < -0.4 is 10.1 Å². The van der Waals surface area contributed by atoms with E-state index in [0.717, 1.165) is 16.9 Å². The second-order valence-corrected chi connectivity index (χ2v) is 10.3. The van der Waals surface area contributed by atoms with Gasteiger partial charge in [-0.25, -0.2) is 8.42 Å². The van der Waals surface area contributed by atoms with E-state index in [4.69, 9.17) is 4.74 Å². The van der Waals surface area contributed by atoms with Gasteiger partial charge in [0.25, 0.3) is 0 Å². The number of hydrogen-bond acceptors (Lipinski definition) is 5. The van der Waals surface area contributed by atoms with Crippen molar-refractivity contribution < 1.29 is 17.9 Å². The molecule has 0 bridgehead atoms. The van der Waals surface area contributed by atoms with Crippen molar-refractivity contribution in [1.29, 1.82) is 0 Å². The molecule has 1 aliphatic rings. The summed E-state index contributed by atoms with van der Waals surface area (Å²) in [6, 6.07) is 14.4. The Morgan fingerprint density at radius 3 is 2.09 bits per heavy atom. The van der Waals surface area contributed by atoms with Gasteiger partial charge in [0.15, 0.2) is 0 Å². The molecule has 1 amide bonds. The molecule has 1 fully saturated rings. The Bertz CT molecular complexity index is 997. The molecule has 0 aromatic heterocycles. The highest BCUT2D eigenvalue weighted by Gasteiger charge is 2.31. The molecule has 0 radical (unpaired) electrons. The number of nitrogens with zero attached hydrogens (tertiary/aromatic N) is 2. The Morgan fingerprint density at radius 2 is 1.56 bits per heavy atom. The van der Waals surface area contributed by atoms with Gasteiger partial charge in [-0.05, 0) is 48.2 Å². The van der Waals surface area contributed by atoms with Crippen molar-refractivity contribution in [3.05, 3.63) is 59.7 Å². The number of piperazine rings is 1. The number of sulfonamides is 1. The molecule has 1 atom stereocenters. The Balaban J connectivity index is 1.52. The highest BCUT2D eigenvalue weighted by molar-refractivity contribution is 7.89. The average molecular weight is 460 g/mol. The molecule has 0 aliphatic carbocycles. The van der Waals surface area contributed by atoms with E-state index in [2.05, 4.69) is 19.2 Å². The molecule has 1 heterocycles. The van der Waals surface area contributed by atoms with E-state index < -0.39 is 10.0 Å². The maximum absolute atomic E-state index is 13.0. The number of benzene rings is 2. The van der Waals surface area contributed by atoms with Crippen molar-refractivity contribution >= 4 is 15.9 Å². The van der Waals surface area contributed by atoms with Crippen LogP contribution in [0, 0.1) is 0 Å². The monoisotopic (exact) mass is 459 g/mol. The van der Waals surface area contributed by atoms with Gasteiger partial charge in [-0.2, -0.15) is 4.31 Å². The van der Waals surface area contributed by atoms with Crippen molar-refractivity contribution in [2.24, 2.45) is 0 Å². The summed E-state index contributed by atoms with van der Waals surface area (Å²) in [4.78, 5) is 15.0. The normalized spacial score (nSPS) is 16.7. The average Bonchev–Trinajstić information content (AvgIpc) is 2.82. The molecule has 3 rings (SSSR count). The van der Waals surface area contributed by atoms with Crippen molar-refractivity contribution in [3.63, 3.8) is 0 Å². The smallest absolute Gasteiger partial charge is 0.243 e. The first-order valence-corrected chi connectivity index (χ1v) is 12.4. The number of ether oxygens (including phenoxy) is 1. The number of amides is 1. The minimum Gasteiger partial charge on any atom is -0.497 e. The Kier molecular flexibility index (Phi) is 7.92. The van der Waals surface area contributed by atoms with Gasteiger partial charge in [0.2, 0.25) is 15.9 Å². The molecule has 174 valence electrons. The van der Waals surface area contributed by atoms with Crippen LogP contribution in [0.2, 0.25) is 0 Å². The molecule has 1 saturated heterocycles. The largest absolute Gasteiger partial charge is 0.497 e. The first kappa shape index (κ1) is 24.2. The lowest BCUT2D eigenvalue weighted by atomic mass is 10.0. The highest BCUT2D eigenvalue weighted by Crippen LogP contribution is 2.21. The van der Waals surface area contributed by atoms with Gasteiger partial charge in [0.1, 0.15) is 5.75 Å². The van der Waals surface area contributed by atoms with Crippen LogP contribution in [0.25, 0.3) is 0 Å². The Morgan fingerprint density at radius 1 is 0.969 bits per heavy atom. The minimum absolute atomic E-state index is 0.0681. The van der Waals surface area contributed by atoms with Crippen LogP contribution in [0.5, 0.6) is 5.75 Å². The van der Waals surface area contributed by atoms with Crippen molar-refractivity contribution in [2.75, 3.05) is 33.3 Å². The number of carbonyl (C=O) groups is 1. The van der Waals surface area contributed by atoms with Gasteiger partial charge in [0.05, 0.1) is 18.0 Å². The fourth-order valence-corrected chi connectivity index (χ4v) is 5.17. The van der Waals surface area contributed by atoms with Gasteiger partial charge < -0.3 is 10.1 Å². The molecule has 0 saturated carbocycles. The van der Waals surface area contributed by atoms with E-state index >= 15 is 0 Å². The third kappa shape index (κ3) is 5.68. The molecule has 32 heavy (non-hydrogen) atoms. The van der Waals surface area contributed by atoms with Crippen molar-refractivity contribution in [2.45, 2.75) is 44.2 Å². The summed E-state index contributed by atoms with van der Waals surface area (Å²) in [6.07, 6.45) is 0. The fourth-order valence-electron chi connectivity index (χ4n) is 3.75. The molecule has 1 N–H and O–H groups in total. The molecule has 2 aromatic carbocycles. The third-order valence-corrected chi connectivity index (χ3v) is 7.92.